The number of aromatic hydroxyl groups is 2. The first-order chi connectivity index (χ1) is 12.5. The second-order valence-electron chi connectivity index (χ2n) is 7.32. The molecule has 0 spiro atoms. The molecular formula is C22H36Br2O2. The largest absolute Gasteiger partial charge is 0.504 e. The van der Waals surface area contributed by atoms with Gasteiger partial charge in [0.05, 0.1) is 4.47 Å². The third-order valence-corrected chi connectivity index (χ3v) is 7.28. The maximum absolute atomic E-state index is 10.5. The van der Waals surface area contributed by atoms with Crippen LogP contribution in [0.25, 0.3) is 0 Å². The van der Waals surface area contributed by atoms with E-state index in [9.17, 15) is 10.2 Å². The number of phenolic OH excluding ortho intramolecular Hbond substituents is 2. The summed E-state index contributed by atoms with van der Waals surface area (Å²) in [5.74, 6) is 0.0270. The molecule has 2 nitrogen and oxygen atoms in total. The van der Waals surface area contributed by atoms with Crippen LogP contribution >= 0.6 is 31.9 Å². The summed E-state index contributed by atoms with van der Waals surface area (Å²) in [7, 11) is 0. The van der Waals surface area contributed by atoms with Gasteiger partial charge in [-0.15, -0.1) is 0 Å². The zero-order valence-corrected chi connectivity index (χ0v) is 19.7. The van der Waals surface area contributed by atoms with Gasteiger partial charge in [-0.2, -0.15) is 0 Å². The summed E-state index contributed by atoms with van der Waals surface area (Å²) in [6.07, 6.45) is 16.7. The molecule has 0 aliphatic carbocycles. The molecule has 0 bridgehead atoms. The maximum Gasteiger partial charge on any atom is 0.173 e. The van der Waals surface area contributed by atoms with Crippen LogP contribution in [0.15, 0.2) is 8.95 Å². The topological polar surface area (TPSA) is 40.5 Å². The lowest BCUT2D eigenvalue weighted by Gasteiger charge is -2.17. The molecular weight excluding hydrogens is 456 g/mol. The highest BCUT2D eigenvalue weighted by atomic mass is 79.9. The van der Waals surface area contributed by atoms with Gasteiger partial charge in [0, 0.05) is 10.0 Å². The Labute approximate surface area is 177 Å². The second-order valence-corrected chi connectivity index (χ2v) is 8.90. The lowest BCUT2D eigenvalue weighted by molar-refractivity contribution is 0.394. The molecule has 0 radical (unpaired) electrons. The molecule has 0 aromatic heterocycles. The Morgan fingerprint density at radius 2 is 0.962 bits per heavy atom. The van der Waals surface area contributed by atoms with E-state index in [1.807, 2.05) is 0 Å². The smallest absolute Gasteiger partial charge is 0.173 e. The minimum atomic E-state index is -0.0375. The molecule has 0 aliphatic heterocycles. The highest BCUT2D eigenvalue weighted by molar-refractivity contribution is 9.13. The van der Waals surface area contributed by atoms with Crippen molar-refractivity contribution in [2.24, 2.45) is 0 Å². The van der Waals surface area contributed by atoms with Crippen LogP contribution in [0.5, 0.6) is 11.5 Å². The van der Waals surface area contributed by atoms with E-state index in [0.29, 0.717) is 4.47 Å². The molecule has 26 heavy (non-hydrogen) atoms. The first-order valence-electron chi connectivity index (χ1n) is 10.4. The van der Waals surface area contributed by atoms with E-state index in [0.717, 1.165) is 41.3 Å². The van der Waals surface area contributed by atoms with Gasteiger partial charge in [-0.25, -0.2) is 0 Å². The fraction of sp³-hybridized carbons (Fsp3) is 0.727. The van der Waals surface area contributed by atoms with Crippen molar-refractivity contribution in [3.05, 3.63) is 20.1 Å². The van der Waals surface area contributed by atoms with Gasteiger partial charge in [-0.3, -0.25) is 0 Å². The average molecular weight is 492 g/mol. The molecule has 0 aliphatic rings. The van der Waals surface area contributed by atoms with E-state index >= 15 is 0 Å². The predicted molar refractivity (Wildman–Crippen MR) is 119 cm³/mol. The van der Waals surface area contributed by atoms with E-state index in [2.05, 4.69) is 45.7 Å². The van der Waals surface area contributed by atoms with E-state index < -0.39 is 0 Å². The summed E-state index contributed by atoms with van der Waals surface area (Å²) < 4.78 is 1.48. The number of hydrogen-bond donors (Lipinski definition) is 2. The molecule has 1 rings (SSSR count). The minimum Gasteiger partial charge on any atom is -0.504 e. The van der Waals surface area contributed by atoms with Crippen molar-refractivity contribution in [3.63, 3.8) is 0 Å². The highest BCUT2D eigenvalue weighted by Gasteiger charge is 2.20. The van der Waals surface area contributed by atoms with E-state index in [1.54, 1.807) is 0 Å². The molecule has 1 aromatic carbocycles. The third-order valence-electron chi connectivity index (χ3n) is 5.10. The molecule has 0 saturated carbocycles. The van der Waals surface area contributed by atoms with E-state index in [4.69, 9.17) is 0 Å². The monoisotopic (exact) mass is 490 g/mol. The number of hydrogen-bond acceptors (Lipinski definition) is 2. The van der Waals surface area contributed by atoms with Crippen molar-refractivity contribution in [1.82, 2.24) is 0 Å². The molecule has 0 fully saturated rings. The van der Waals surface area contributed by atoms with E-state index in [-0.39, 0.29) is 11.5 Å². The third kappa shape index (κ3) is 7.80. The van der Waals surface area contributed by atoms with Gasteiger partial charge in [-0.05, 0) is 63.1 Å². The summed E-state index contributed by atoms with van der Waals surface area (Å²) in [6.45, 7) is 4.47. The van der Waals surface area contributed by atoms with Crippen LogP contribution in [-0.4, -0.2) is 10.2 Å². The summed E-state index contributed by atoms with van der Waals surface area (Å²) in [5.41, 5.74) is 2.10. The number of rotatable bonds is 14. The zero-order chi connectivity index (χ0) is 19.4. The molecule has 0 atom stereocenters. The van der Waals surface area contributed by atoms with Crippen LogP contribution in [0.2, 0.25) is 0 Å². The number of halogens is 2. The average Bonchev–Trinajstić information content (AvgIpc) is 2.64. The van der Waals surface area contributed by atoms with Crippen LogP contribution < -0.4 is 0 Å². The summed E-state index contributed by atoms with van der Waals surface area (Å²) in [4.78, 5) is 0. The standard InChI is InChI=1S/C22H36Br2O2/c1-3-5-7-9-11-13-15-17-18(16-14-12-10-8-6-4-2)21(25)22(26)20(24)19(17)23/h25-26H,3-16H2,1-2H3. The van der Waals surface area contributed by atoms with Crippen LogP contribution in [0.4, 0.5) is 0 Å². The fourth-order valence-corrected chi connectivity index (χ4v) is 4.51. The minimum absolute atomic E-state index is 0.0375. The SMILES string of the molecule is CCCCCCCCc1c(O)c(O)c(Br)c(Br)c1CCCCCCCC. The first kappa shape index (κ1) is 23.8. The Morgan fingerprint density at radius 3 is 1.46 bits per heavy atom. The van der Waals surface area contributed by atoms with Gasteiger partial charge in [0.2, 0.25) is 0 Å². The van der Waals surface area contributed by atoms with Crippen molar-refractivity contribution in [1.29, 1.82) is 0 Å². The molecule has 0 unspecified atom stereocenters. The Morgan fingerprint density at radius 1 is 0.538 bits per heavy atom. The zero-order valence-electron chi connectivity index (χ0n) is 16.5. The first-order valence-corrected chi connectivity index (χ1v) is 12.0. The molecule has 2 N–H and O–H groups in total. The van der Waals surface area contributed by atoms with Crippen molar-refractivity contribution >= 4 is 31.9 Å². The summed E-state index contributed by atoms with van der Waals surface area (Å²) >= 11 is 7.05. The van der Waals surface area contributed by atoms with Crippen LogP contribution in [0, 0.1) is 0 Å². The Bertz CT molecular complexity index is 483. The van der Waals surface area contributed by atoms with Crippen molar-refractivity contribution in [2.75, 3.05) is 0 Å². The van der Waals surface area contributed by atoms with Crippen LogP contribution in [-0.2, 0) is 12.8 Å². The Kier molecular flexibility index (Phi) is 12.7. The number of benzene rings is 1. The predicted octanol–water partition coefficient (Wildman–Crippen LogP) is 8.43. The fourth-order valence-electron chi connectivity index (χ4n) is 3.45. The van der Waals surface area contributed by atoms with Crippen molar-refractivity contribution in [2.45, 2.75) is 104 Å². The quantitative estimate of drug-likeness (QED) is 0.202. The molecule has 0 saturated heterocycles. The van der Waals surface area contributed by atoms with Gasteiger partial charge in [0.1, 0.15) is 0 Å². The summed E-state index contributed by atoms with van der Waals surface area (Å²) in [5, 5.41) is 20.7. The lowest BCUT2D eigenvalue weighted by Crippen LogP contribution is -2.00. The van der Waals surface area contributed by atoms with Crippen LogP contribution in [0.1, 0.15) is 102 Å². The highest BCUT2D eigenvalue weighted by Crippen LogP contribution is 2.45. The van der Waals surface area contributed by atoms with Crippen molar-refractivity contribution < 1.29 is 10.2 Å². The summed E-state index contributed by atoms with van der Waals surface area (Å²) in [6, 6.07) is 0. The van der Waals surface area contributed by atoms with Gasteiger partial charge < -0.3 is 10.2 Å². The Balaban J connectivity index is 2.70. The second kappa shape index (κ2) is 13.9. The lowest BCUT2D eigenvalue weighted by atomic mass is 9.95. The van der Waals surface area contributed by atoms with Gasteiger partial charge in [0.25, 0.3) is 0 Å². The number of phenols is 2. The normalized spacial score (nSPS) is 11.2. The molecule has 0 heterocycles. The van der Waals surface area contributed by atoms with Gasteiger partial charge in [0.15, 0.2) is 11.5 Å². The van der Waals surface area contributed by atoms with Crippen LogP contribution in [0.3, 0.4) is 0 Å². The number of unbranched alkanes of at least 4 members (excludes halogenated alkanes) is 10. The molecule has 150 valence electrons. The van der Waals surface area contributed by atoms with Gasteiger partial charge in [-0.1, -0.05) is 78.1 Å². The van der Waals surface area contributed by atoms with Crippen molar-refractivity contribution in [3.8, 4) is 11.5 Å². The molecule has 4 heteroatoms. The van der Waals surface area contributed by atoms with Gasteiger partial charge >= 0.3 is 0 Å². The molecule has 1 aromatic rings. The Hall–Kier alpha value is -0.220. The van der Waals surface area contributed by atoms with E-state index in [1.165, 1.54) is 64.2 Å². The molecule has 0 amide bonds. The maximum atomic E-state index is 10.5.